The molecule has 2 aromatic rings. The zero-order valence-electron chi connectivity index (χ0n) is 8.85. The minimum atomic E-state index is 0.598. The quantitative estimate of drug-likeness (QED) is 0.674. The van der Waals surface area contributed by atoms with Gasteiger partial charge in [-0.15, -0.1) is 0 Å². The number of ether oxygens (including phenoxy) is 1. The Bertz CT molecular complexity index is 573. The van der Waals surface area contributed by atoms with Crippen LogP contribution in [0, 0.1) is 14.9 Å². The molecule has 0 aliphatic carbocycles. The molecule has 2 aromatic carbocycles. The summed E-state index contributed by atoms with van der Waals surface area (Å²) in [6, 6.07) is 14.6. The average molecular weight is 336 g/mol. The van der Waals surface area contributed by atoms with Crippen LogP contribution >= 0.6 is 22.6 Å². The number of nitrogen functional groups attached to an aromatic ring is 1. The van der Waals surface area contributed by atoms with Crippen LogP contribution in [0.2, 0.25) is 0 Å². The van der Waals surface area contributed by atoms with Gasteiger partial charge in [0.25, 0.3) is 0 Å². The second-order valence-electron chi connectivity index (χ2n) is 3.42. The van der Waals surface area contributed by atoms with Gasteiger partial charge in [-0.3, -0.25) is 0 Å². The molecular formula is C13H9IN2O. The first-order chi connectivity index (χ1) is 8.19. The fourth-order valence-corrected chi connectivity index (χ4v) is 1.85. The lowest BCUT2D eigenvalue weighted by Crippen LogP contribution is -1.92. The number of nitrogens with zero attached hydrogens (tertiary/aromatic N) is 1. The summed E-state index contributed by atoms with van der Waals surface area (Å²) in [6.45, 7) is 0. The summed E-state index contributed by atoms with van der Waals surface area (Å²) in [5, 5.41) is 8.68. The Morgan fingerprint density at radius 2 is 1.82 bits per heavy atom. The van der Waals surface area contributed by atoms with E-state index in [0.29, 0.717) is 22.7 Å². The normalized spacial score (nSPS) is 9.65. The predicted molar refractivity (Wildman–Crippen MR) is 74.8 cm³/mol. The second kappa shape index (κ2) is 5.06. The highest BCUT2D eigenvalue weighted by Crippen LogP contribution is 2.28. The third kappa shape index (κ3) is 2.88. The van der Waals surface area contributed by atoms with E-state index in [1.165, 1.54) is 0 Å². The van der Waals surface area contributed by atoms with Gasteiger partial charge in [-0.25, -0.2) is 0 Å². The summed E-state index contributed by atoms with van der Waals surface area (Å²) in [5.41, 5.74) is 7.05. The molecule has 0 saturated heterocycles. The standard InChI is InChI=1S/C13H9IN2O/c14-10-3-6-13(12(16)7-10)17-11-4-1-9(8-15)2-5-11/h1-7H,16H2. The molecule has 0 heterocycles. The largest absolute Gasteiger partial charge is 0.455 e. The summed E-state index contributed by atoms with van der Waals surface area (Å²) >= 11 is 2.19. The zero-order valence-corrected chi connectivity index (χ0v) is 11.0. The Morgan fingerprint density at radius 1 is 1.12 bits per heavy atom. The number of benzene rings is 2. The van der Waals surface area contributed by atoms with Gasteiger partial charge in [-0.2, -0.15) is 5.26 Å². The number of nitrogens with two attached hydrogens (primary N) is 1. The van der Waals surface area contributed by atoms with Gasteiger partial charge in [0.05, 0.1) is 17.3 Å². The van der Waals surface area contributed by atoms with Crippen molar-refractivity contribution in [2.45, 2.75) is 0 Å². The van der Waals surface area contributed by atoms with Gasteiger partial charge in [0.15, 0.2) is 0 Å². The molecule has 0 atom stereocenters. The van der Waals surface area contributed by atoms with Crippen LogP contribution in [0.5, 0.6) is 11.5 Å². The van der Waals surface area contributed by atoms with Crippen molar-refractivity contribution in [3.05, 3.63) is 51.6 Å². The molecule has 0 unspecified atom stereocenters. The maximum absolute atomic E-state index is 8.68. The van der Waals surface area contributed by atoms with Crippen LogP contribution in [0.1, 0.15) is 5.56 Å². The van der Waals surface area contributed by atoms with Gasteiger partial charge in [-0.1, -0.05) is 0 Å². The van der Waals surface area contributed by atoms with Crippen LogP contribution in [0.25, 0.3) is 0 Å². The van der Waals surface area contributed by atoms with Crippen LogP contribution in [-0.4, -0.2) is 0 Å². The van der Waals surface area contributed by atoms with Crippen molar-refractivity contribution in [3.63, 3.8) is 0 Å². The zero-order chi connectivity index (χ0) is 12.3. The van der Waals surface area contributed by atoms with Gasteiger partial charge < -0.3 is 10.5 Å². The van der Waals surface area contributed by atoms with Crippen LogP contribution in [0.3, 0.4) is 0 Å². The highest BCUT2D eigenvalue weighted by Gasteiger charge is 2.02. The third-order valence-electron chi connectivity index (χ3n) is 2.18. The Kier molecular flexibility index (Phi) is 3.49. The fourth-order valence-electron chi connectivity index (χ4n) is 1.34. The van der Waals surface area contributed by atoms with E-state index >= 15 is 0 Å². The average Bonchev–Trinajstić information content (AvgIpc) is 2.34. The summed E-state index contributed by atoms with van der Waals surface area (Å²) in [4.78, 5) is 0. The molecule has 0 aliphatic heterocycles. The van der Waals surface area contributed by atoms with Crippen LogP contribution < -0.4 is 10.5 Å². The van der Waals surface area contributed by atoms with Gasteiger partial charge in [-0.05, 0) is 65.1 Å². The number of halogens is 1. The van der Waals surface area contributed by atoms with E-state index < -0.39 is 0 Å². The first-order valence-corrected chi connectivity index (χ1v) is 6.00. The van der Waals surface area contributed by atoms with E-state index in [2.05, 4.69) is 28.7 Å². The minimum Gasteiger partial charge on any atom is -0.455 e. The van der Waals surface area contributed by atoms with Crippen molar-refractivity contribution in [1.29, 1.82) is 5.26 Å². The summed E-state index contributed by atoms with van der Waals surface area (Å²) in [7, 11) is 0. The lowest BCUT2D eigenvalue weighted by Gasteiger charge is -2.08. The molecule has 0 saturated carbocycles. The van der Waals surface area contributed by atoms with Gasteiger partial charge in [0, 0.05) is 3.57 Å². The van der Waals surface area contributed by atoms with E-state index in [1.54, 1.807) is 24.3 Å². The van der Waals surface area contributed by atoms with Crippen molar-refractivity contribution >= 4 is 28.3 Å². The smallest absolute Gasteiger partial charge is 0.150 e. The molecule has 0 amide bonds. The van der Waals surface area contributed by atoms with Gasteiger partial charge >= 0.3 is 0 Å². The van der Waals surface area contributed by atoms with E-state index in [4.69, 9.17) is 15.7 Å². The Hall–Kier alpha value is -1.74. The Morgan fingerprint density at radius 3 is 2.41 bits per heavy atom. The molecule has 2 N–H and O–H groups in total. The number of anilines is 1. The topological polar surface area (TPSA) is 59.0 Å². The monoisotopic (exact) mass is 336 g/mol. The van der Waals surface area contributed by atoms with Crippen molar-refractivity contribution in [2.75, 3.05) is 5.73 Å². The van der Waals surface area contributed by atoms with Crippen LogP contribution in [0.4, 0.5) is 5.69 Å². The van der Waals surface area contributed by atoms with Crippen molar-refractivity contribution in [2.24, 2.45) is 0 Å². The Balaban J connectivity index is 2.23. The SMILES string of the molecule is N#Cc1ccc(Oc2ccc(I)cc2N)cc1. The maximum Gasteiger partial charge on any atom is 0.150 e. The van der Waals surface area contributed by atoms with E-state index in [-0.39, 0.29) is 0 Å². The maximum atomic E-state index is 8.68. The van der Waals surface area contributed by atoms with Gasteiger partial charge in [0.2, 0.25) is 0 Å². The summed E-state index contributed by atoms with van der Waals surface area (Å²) in [6.07, 6.45) is 0. The highest BCUT2D eigenvalue weighted by molar-refractivity contribution is 14.1. The highest BCUT2D eigenvalue weighted by atomic mass is 127. The first-order valence-electron chi connectivity index (χ1n) is 4.92. The number of rotatable bonds is 2. The molecule has 17 heavy (non-hydrogen) atoms. The molecule has 0 aliphatic rings. The molecule has 84 valence electrons. The second-order valence-corrected chi connectivity index (χ2v) is 4.67. The number of nitriles is 1. The van der Waals surface area contributed by atoms with Crippen LogP contribution in [0.15, 0.2) is 42.5 Å². The first kappa shape index (κ1) is 11.7. The predicted octanol–water partition coefficient (Wildman–Crippen LogP) is 3.54. The molecule has 0 radical (unpaired) electrons. The van der Waals surface area contributed by atoms with E-state index in [9.17, 15) is 0 Å². The van der Waals surface area contributed by atoms with Crippen LogP contribution in [-0.2, 0) is 0 Å². The molecule has 0 fully saturated rings. The fraction of sp³-hybridized carbons (Fsp3) is 0. The molecule has 3 nitrogen and oxygen atoms in total. The molecule has 0 spiro atoms. The van der Waals surface area contributed by atoms with Gasteiger partial charge in [0.1, 0.15) is 11.5 Å². The molecule has 2 rings (SSSR count). The third-order valence-corrected chi connectivity index (χ3v) is 2.85. The molecule has 4 heteroatoms. The lowest BCUT2D eigenvalue weighted by atomic mass is 10.2. The molecular weight excluding hydrogens is 327 g/mol. The lowest BCUT2D eigenvalue weighted by molar-refractivity contribution is 0.485. The summed E-state index contributed by atoms with van der Waals surface area (Å²) in [5.74, 6) is 1.28. The number of hydrogen-bond donors (Lipinski definition) is 1. The summed E-state index contributed by atoms with van der Waals surface area (Å²) < 4.78 is 6.69. The molecule has 0 bridgehead atoms. The van der Waals surface area contributed by atoms with Crippen molar-refractivity contribution < 1.29 is 4.74 Å². The van der Waals surface area contributed by atoms with E-state index in [0.717, 1.165) is 3.57 Å². The van der Waals surface area contributed by atoms with E-state index in [1.807, 2.05) is 18.2 Å². The van der Waals surface area contributed by atoms with Crippen molar-refractivity contribution in [3.8, 4) is 17.6 Å². The number of hydrogen-bond acceptors (Lipinski definition) is 3. The van der Waals surface area contributed by atoms with Crippen molar-refractivity contribution in [1.82, 2.24) is 0 Å². The Labute approximate surface area is 113 Å². The minimum absolute atomic E-state index is 0.598. The molecule has 0 aromatic heterocycles.